The molecule has 1 fully saturated rings. The Hall–Kier alpha value is -2.64. The maximum atomic E-state index is 12.8. The number of hydrogen-bond donors (Lipinski definition) is 1. The van der Waals surface area contributed by atoms with Crippen molar-refractivity contribution in [3.63, 3.8) is 0 Å². The number of nitrogens with one attached hydrogen (secondary N) is 1. The average molecular weight is 489 g/mol. The normalized spacial score (nSPS) is 16.3. The van der Waals surface area contributed by atoms with Gasteiger partial charge in [-0.1, -0.05) is 33.6 Å². The zero-order chi connectivity index (χ0) is 21.6. The van der Waals surface area contributed by atoms with E-state index in [9.17, 15) is 14.4 Å². The fourth-order valence-corrected chi connectivity index (χ4v) is 4.47. The molecule has 0 spiro atoms. The van der Waals surface area contributed by atoms with Crippen molar-refractivity contribution >= 4 is 61.7 Å². The van der Waals surface area contributed by atoms with Gasteiger partial charge in [0.15, 0.2) is 0 Å². The number of Topliss-reactive ketones (excluding diaryl/α,β-unsaturated/α-hetero) is 1. The van der Waals surface area contributed by atoms with Crippen LogP contribution in [0.15, 0.2) is 47.1 Å². The molecule has 1 saturated heterocycles. The van der Waals surface area contributed by atoms with Gasteiger partial charge in [-0.25, -0.2) is 0 Å². The quantitative estimate of drug-likeness (QED) is 0.446. The molecule has 2 amide bonds. The number of anilines is 1. The Morgan fingerprint density at radius 1 is 1.20 bits per heavy atom. The Labute approximate surface area is 186 Å². The number of aryl methyl sites for hydroxylation is 2. The lowest BCUT2D eigenvalue weighted by atomic mass is 10.1. The standard InChI is InChI=1S/C22H19BrClN3O3/c1-12-3-5-19(16(24)9-12)27-8-7-17(22(27)30)25-21(29)20(28)15-11-26(2)18-6-4-13(23)10-14(15)18/h3-6,9-11,17H,7-8H2,1-2H3,(H,25,29). The van der Waals surface area contributed by atoms with Crippen LogP contribution >= 0.6 is 27.5 Å². The molecule has 1 aliphatic rings. The van der Waals surface area contributed by atoms with E-state index in [1.165, 1.54) is 0 Å². The first kappa shape index (κ1) is 20.6. The van der Waals surface area contributed by atoms with Crippen molar-refractivity contribution in [2.45, 2.75) is 19.4 Å². The highest BCUT2D eigenvalue weighted by Crippen LogP contribution is 2.30. The zero-order valence-corrected chi connectivity index (χ0v) is 18.8. The van der Waals surface area contributed by atoms with Crippen molar-refractivity contribution in [3.05, 3.63) is 63.2 Å². The van der Waals surface area contributed by atoms with Crippen LogP contribution in [0.1, 0.15) is 22.3 Å². The van der Waals surface area contributed by atoms with Crippen LogP contribution in [-0.2, 0) is 16.6 Å². The van der Waals surface area contributed by atoms with Crippen LogP contribution in [0.5, 0.6) is 0 Å². The number of ketones is 1. The van der Waals surface area contributed by atoms with Crippen LogP contribution in [0, 0.1) is 6.92 Å². The van der Waals surface area contributed by atoms with Gasteiger partial charge >= 0.3 is 0 Å². The van der Waals surface area contributed by atoms with E-state index >= 15 is 0 Å². The molecule has 2 aromatic carbocycles. The van der Waals surface area contributed by atoms with E-state index in [2.05, 4.69) is 21.2 Å². The molecule has 1 aromatic heterocycles. The van der Waals surface area contributed by atoms with Gasteiger partial charge in [-0.3, -0.25) is 14.4 Å². The molecule has 30 heavy (non-hydrogen) atoms. The molecule has 1 N–H and O–H groups in total. The number of benzene rings is 2. The van der Waals surface area contributed by atoms with Gasteiger partial charge in [0.2, 0.25) is 5.91 Å². The zero-order valence-electron chi connectivity index (χ0n) is 16.4. The Morgan fingerprint density at radius 2 is 1.97 bits per heavy atom. The molecule has 154 valence electrons. The first-order valence-corrected chi connectivity index (χ1v) is 10.6. The van der Waals surface area contributed by atoms with Gasteiger partial charge in [0.25, 0.3) is 11.7 Å². The van der Waals surface area contributed by atoms with Crippen LogP contribution in [0.2, 0.25) is 5.02 Å². The summed E-state index contributed by atoms with van der Waals surface area (Å²) in [4.78, 5) is 39.9. The lowest BCUT2D eigenvalue weighted by molar-refractivity contribution is -0.124. The smallest absolute Gasteiger partial charge is 0.293 e. The van der Waals surface area contributed by atoms with Crippen LogP contribution in [0.3, 0.4) is 0 Å². The minimum atomic E-state index is -0.794. The van der Waals surface area contributed by atoms with Crippen molar-refractivity contribution in [1.29, 1.82) is 0 Å². The minimum absolute atomic E-state index is 0.275. The molecule has 3 aromatic rings. The first-order chi connectivity index (χ1) is 14.3. The third-order valence-corrected chi connectivity index (χ3v) is 6.10. The molecule has 8 heteroatoms. The van der Waals surface area contributed by atoms with Crippen LogP contribution in [-0.4, -0.2) is 34.8 Å². The van der Waals surface area contributed by atoms with Gasteiger partial charge in [0.05, 0.1) is 16.3 Å². The second-order valence-corrected chi connectivity index (χ2v) is 8.73. The van der Waals surface area contributed by atoms with Crippen molar-refractivity contribution < 1.29 is 14.4 Å². The van der Waals surface area contributed by atoms with Crippen molar-refractivity contribution in [2.75, 3.05) is 11.4 Å². The maximum absolute atomic E-state index is 12.8. The Bertz CT molecular complexity index is 1200. The number of fused-ring (bicyclic) bond motifs is 1. The van der Waals surface area contributed by atoms with Crippen molar-refractivity contribution in [2.24, 2.45) is 7.05 Å². The minimum Gasteiger partial charge on any atom is -0.350 e. The number of hydrogen-bond acceptors (Lipinski definition) is 3. The van der Waals surface area contributed by atoms with Crippen LogP contribution in [0.4, 0.5) is 5.69 Å². The number of aromatic nitrogens is 1. The molecule has 2 heterocycles. The van der Waals surface area contributed by atoms with Gasteiger partial charge in [-0.2, -0.15) is 0 Å². The van der Waals surface area contributed by atoms with Gasteiger partial charge in [0.1, 0.15) is 6.04 Å². The number of rotatable bonds is 4. The van der Waals surface area contributed by atoms with Gasteiger partial charge < -0.3 is 14.8 Å². The van der Waals surface area contributed by atoms with Crippen molar-refractivity contribution in [1.82, 2.24) is 9.88 Å². The Balaban J connectivity index is 1.53. The third kappa shape index (κ3) is 3.63. The number of carbonyl (C=O) groups is 3. The fourth-order valence-electron chi connectivity index (χ4n) is 3.78. The van der Waals surface area contributed by atoms with Gasteiger partial charge in [0, 0.05) is 35.2 Å². The summed E-state index contributed by atoms with van der Waals surface area (Å²) in [6.45, 7) is 2.34. The number of amides is 2. The summed E-state index contributed by atoms with van der Waals surface area (Å²) in [5.74, 6) is -1.74. The molecular weight excluding hydrogens is 470 g/mol. The van der Waals surface area contributed by atoms with Gasteiger partial charge in [-0.05, 0) is 49.2 Å². The van der Waals surface area contributed by atoms with E-state index in [0.717, 1.165) is 15.6 Å². The predicted molar refractivity (Wildman–Crippen MR) is 120 cm³/mol. The van der Waals surface area contributed by atoms with E-state index in [4.69, 9.17) is 11.6 Å². The second-order valence-electron chi connectivity index (χ2n) is 7.40. The summed E-state index contributed by atoms with van der Waals surface area (Å²) in [7, 11) is 1.81. The van der Waals surface area contributed by atoms with Crippen LogP contribution < -0.4 is 10.2 Å². The first-order valence-electron chi connectivity index (χ1n) is 9.43. The van der Waals surface area contributed by atoms with E-state index in [1.54, 1.807) is 33.9 Å². The predicted octanol–water partition coefficient (Wildman–Crippen LogP) is 4.01. The highest BCUT2D eigenvalue weighted by atomic mass is 79.9. The molecule has 0 radical (unpaired) electrons. The van der Waals surface area contributed by atoms with E-state index in [0.29, 0.717) is 34.6 Å². The monoisotopic (exact) mass is 487 g/mol. The average Bonchev–Trinajstić information content (AvgIpc) is 3.21. The number of nitrogens with zero attached hydrogens (tertiary/aromatic N) is 2. The summed E-state index contributed by atoms with van der Waals surface area (Å²) in [5.41, 5.74) is 2.74. The van der Waals surface area contributed by atoms with E-state index in [1.807, 2.05) is 32.2 Å². The lowest BCUT2D eigenvalue weighted by Gasteiger charge is -2.18. The maximum Gasteiger partial charge on any atom is 0.293 e. The summed E-state index contributed by atoms with van der Waals surface area (Å²) >= 11 is 9.69. The third-order valence-electron chi connectivity index (χ3n) is 5.31. The molecule has 0 saturated carbocycles. The summed E-state index contributed by atoms with van der Waals surface area (Å²) in [6, 6.07) is 10.2. The van der Waals surface area contributed by atoms with E-state index in [-0.39, 0.29) is 5.91 Å². The molecular formula is C22H19BrClN3O3. The summed E-state index contributed by atoms with van der Waals surface area (Å²) < 4.78 is 2.61. The van der Waals surface area contributed by atoms with E-state index < -0.39 is 17.7 Å². The van der Waals surface area contributed by atoms with Gasteiger partial charge in [-0.15, -0.1) is 0 Å². The molecule has 1 aliphatic heterocycles. The number of halogens is 2. The molecule has 1 unspecified atom stereocenters. The highest BCUT2D eigenvalue weighted by Gasteiger charge is 2.36. The summed E-state index contributed by atoms with van der Waals surface area (Å²) in [5, 5.41) is 3.76. The Kier molecular flexibility index (Phi) is 5.42. The van der Waals surface area contributed by atoms with Crippen molar-refractivity contribution in [3.8, 4) is 0 Å². The lowest BCUT2D eigenvalue weighted by Crippen LogP contribution is -2.44. The fraction of sp³-hybridized carbons (Fsp3) is 0.227. The Morgan fingerprint density at radius 3 is 2.70 bits per heavy atom. The molecule has 1 atom stereocenters. The summed E-state index contributed by atoms with van der Waals surface area (Å²) in [6.07, 6.45) is 2.04. The molecule has 0 bridgehead atoms. The SMILES string of the molecule is Cc1ccc(N2CCC(NC(=O)C(=O)c3cn(C)c4ccc(Br)cc34)C2=O)c(Cl)c1. The van der Waals surface area contributed by atoms with Crippen LogP contribution in [0.25, 0.3) is 10.9 Å². The highest BCUT2D eigenvalue weighted by molar-refractivity contribution is 9.10. The molecule has 4 rings (SSSR count). The number of carbonyl (C=O) groups excluding carboxylic acids is 3. The molecule has 0 aliphatic carbocycles. The topological polar surface area (TPSA) is 71.4 Å². The largest absolute Gasteiger partial charge is 0.350 e. The second kappa shape index (κ2) is 7.89. The molecule has 6 nitrogen and oxygen atoms in total.